The van der Waals surface area contributed by atoms with Crippen LogP contribution in [0.5, 0.6) is 5.75 Å². The number of amides is 3. The van der Waals surface area contributed by atoms with E-state index in [1.165, 1.54) is 0 Å². The van der Waals surface area contributed by atoms with E-state index in [4.69, 9.17) is 4.74 Å². The first-order valence-corrected chi connectivity index (χ1v) is 14.1. The molecule has 4 rings (SSSR count). The summed E-state index contributed by atoms with van der Waals surface area (Å²) in [4.78, 5) is 39.6. The van der Waals surface area contributed by atoms with Gasteiger partial charge in [0.25, 0.3) is 0 Å². The molecule has 0 fully saturated rings. The van der Waals surface area contributed by atoms with Gasteiger partial charge in [0.1, 0.15) is 30.1 Å². The molecule has 1 heterocycles. The molecule has 42 heavy (non-hydrogen) atoms. The smallest absolute Gasteiger partial charge is 0.249 e. The third-order valence-corrected chi connectivity index (χ3v) is 7.56. The molecule has 0 aliphatic carbocycles. The number of ether oxygens (including phenoxy) is 1. The van der Waals surface area contributed by atoms with Gasteiger partial charge in [-0.2, -0.15) is 0 Å². The Morgan fingerprint density at radius 3 is 2.36 bits per heavy atom. The van der Waals surface area contributed by atoms with Crippen LogP contribution in [0.4, 0.5) is 0 Å². The summed E-state index contributed by atoms with van der Waals surface area (Å²) in [5.74, 6) is -1.80. The number of nitrogens with one attached hydrogen (secondary N) is 3. The average Bonchev–Trinajstić information content (AvgIpc) is 2.97. The molecule has 1 aliphatic rings. The number of fused-ring (bicyclic) bond motifs is 1. The van der Waals surface area contributed by atoms with Gasteiger partial charge >= 0.3 is 0 Å². The normalized spacial score (nSPS) is 17.6. The zero-order chi connectivity index (χ0) is 30.3. The van der Waals surface area contributed by atoms with E-state index in [0.717, 1.165) is 16.7 Å². The summed E-state index contributed by atoms with van der Waals surface area (Å²) in [6.45, 7) is 5.39. The highest BCUT2D eigenvalue weighted by Gasteiger charge is 2.36. The Morgan fingerprint density at radius 2 is 1.62 bits per heavy atom. The number of aliphatic hydroxyl groups excluding tert-OH is 2. The minimum absolute atomic E-state index is 0.0251. The molecule has 0 radical (unpaired) electrons. The van der Waals surface area contributed by atoms with Gasteiger partial charge in [0.05, 0.1) is 6.04 Å². The van der Waals surface area contributed by atoms with Gasteiger partial charge in [-0.1, -0.05) is 72.8 Å². The molecular formula is C33H39N3O6. The zero-order valence-corrected chi connectivity index (χ0v) is 24.2. The summed E-state index contributed by atoms with van der Waals surface area (Å²) in [5, 5.41) is 29.9. The minimum atomic E-state index is -1.56. The molecule has 0 aromatic heterocycles. The van der Waals surface area contributed by atoms with E-state index in [9.17, 15) is 24.6 Å². The molecule has 0 spiro atoms. The number of rotatable bonds is 11. The van der Waals surface area contributed by atoms with Gasteiger partial charge in [0.15, 0.2) is 0 Å². The lowest BCUT2D eigenvalue weighted by Gasteiger charge is -2.32. The fraction of sp³-hybridized carbons (Fsp3) is 0.364. The van der Waals surface area contributed by atoms with E-state index < -0.39 is 47.4 Å². The fourth-order valence-electron chi connectivity index (χ4n) is 5.00. The van der Waals surface area contributed by atoms with Crippen molar-refractivity contribution >= 4 is 17.7 Å². The maximum Gasteiger partial charge on any atom is 0.249 e. The van der Waals surface area contributed by atoms with Gasteiger partial charge in [-0.3, -0.25) is 14.4 Å². The van der Waals surface area contributed by atoms with Crippen LogP contribution in [0.2, 0.25) is 0 Å². The quantitative estimate of drug-likeness (QED) is 0.239. The Labute approximate surface area is 246 Å². The Bertz CT molecular complexity index is 1390. The van der Waals surface area contributed by atoms with Crippen LogP contribution in [0, 0.1) is 12.8 Å². The van der Waals surface area contributed by atoms with Gasteiger partial charge in [-0.15, -0.1) is 0 Å². The van der Waals surface area contributed by atoms with Crippen LogP contribution >= 0.6 is 0 Å². The Morgan fingerprint density at radius 1 is 0.952 bits per heavy atom. The highest BCUT2D eigenvalue weighted by atomic mass is 16.5. The molecule has 9 heteroatoms. The van der Waals surface area contributed by atoms with Crippen LogP contribution in [-0.4, -0.2) is 52.3 Å². The average molecular weight is 574 g/mol. The number of aryl methyl sites for hydroxylation is 1. The SMILES string of the molecule is Cc1ccccc1CNC(=O)C(C)(C)NC(=O)[C@@H](O)C[C@@H](Cc1ccccc1)C(=O)N[C@H]1c2ccccc2OC[C@H]1O. The van der Waals surface area contributed by atoms with E-state index in [1.54, 1.807) is 32.0 Å². The number of aliphatic hydroxyl groups is 2. The first-order valence-electron chi connectivity index (χ1n) is 14.1. The van der Waals surface area contributed by atoms with Gasteiger partial charge in [-0.25, -0.2) is 0 Å². The summed E-state index contributed by atoms with van der Waals surface area (Å²) in [7, 11) is 0. The van der Waals surface area contributed by atoms with Crippen LogP contribution in [0.3, 0.4) is 0 Å². The van der Waals surface area contributed by atoms with Crippen molar-refractivity contribution in [3.63, 3.8) is 0 Å². The molecule has 0 saturated carbocycles. The molecule has 3 aromatic rings. The highest BCUT2D eigenvalue weighted by molar-refractivity contribution is 5.92. The molecule has 0 unspecified atom stereocenters. The number of benzene rings is 3. The van der Waals surface area contributed by atoms with Crippen molar-refractivity contribution in [1.82, 2.24) is 16.0 Å². The summed E-state index contributed by atoms with van der Waals surface area (Å²) in [5.41, 5.74) is 2.19. The van der Waals surface area contributed by atoms with Crippen LogP contribution in [0.15, 0.2) is 78.9 Å². The third-order valence-electron chi connectivity index (χ3n) is 7.56. The molecule has 9 nitrogen and oxygen atoms in total. The van der Waals surface area contributed by atoms with E-state index >= 15 is 0 Å². The monoisotopic (exact) mass is 573 g/mol. The van der Waals surface area contributed by atoms with Crippen molar-refractivity contribution < 1.29 is 29.3 Å². The summed E-state index contributed by atoms with van der Waals surface area (Å²) in [6.07, 6.45) is -2.44. The van der Waals surface area contributed by atoms with Gasteiger partial charge < -0.3 is 30.9 Å². The number of carbonyl (C=O) groups is 3. The molecule has 3 aromatic carbocycles. The first-order chi connectivity index (χ1) is 20.0. The molecular weight excluding hydrogens is 534 g/mol. The van der Waals surface area contributed by atoms with Crippen molar-refractivity contribution in [2.75, 3.05) is 6.61 Å². The Kier molecular flexibility index (Phi) is 9.98. The number of para-hydroxylation sites is 1. The van der Waals surface area contributed by atoms with E-state index in [2.05, 4.69) is 16.0 Å². The van der Waals surface area contributed by atoms with Crippen LogP contribution in [-0.2, 0) is 27.3 Å². The standard InChI is InChI=1S/C33H39N3O6/c1-21-11-7-8-14-23(21)19-34-32(41)33(2,3)36-31(40)26(37)18-24(17-22-12-5-4-6-13-22)30(39)35-29-25-15-9-10-16-28(25)42-20-27(29)38/h4-16,24,26-27,29,37-38H,17-20H2,1-3H3,(H,34,41)(H,35,39)(H,36,40)/t24-,26+,27-,29+/m1/s1. The van der Waals surface area contributed by atoms with Crippen molar-refractivity contribution in [3.05, 3.63) is 101 Å². The first kappa shape index (κ1) is 30.7. The lowest BCUT2D eigenvalue weighted by Crippen LogP contribution is -2.57. The van der Waals surface area contributed by atoms with E-state index in [1.807, 2.05) is 67.6 Å². The Hall–Kier alpha value is -4.21. The fourth-order valence-corrected chi connectivity index (χ4v) is 5.00. The predicted molar refractivity (Wildman–Crippen MR) is 158 cm³/mol. The van der Waals surface area contributed by atoms with Crippen molar-refractivity contribution in [2.45, 2.75) is 63.9 Å². The van der Waals surface area contributed by atoms with Gasteiger partial charge in [-0.05, 0) is 56.4 Å². The largest absolute Gasteiger partial charge is 0.490 e. The highest BCUT2D eigenvalue weighted by Crippen LogP contribution is 2.32. The molecule has 0 saturated heterocycles. The van der Waals surface area contributed by atoms with Crippen molar-refractivity contribution in [3.8, 4) is 5.75 Å². The maximum atomic E-state index is 13.6. The minimum Gasteiger partial charge on any atom is -0.490 e. The number of hydrogen-bond acceptors (Lipinski definition) is 6. The maximum absolute atomic E-state index is 13.6. The predicted octanol–water partition coefficient (Wildman–Crippen LogP) is 2.73. The van der Waals surface area contributed by atoms with Gasteiger partial charge in [0.2, 0.25) is 17.7 Å². The van der Waals surface area contributed by atoms with Gasteiger partial charge in [0, 0.05) is 18.0 Å². The molecule has 0 bridgehead atoms. The number of hydrogen-bond donors (Lipinski definition) is 5. The topological polar surface area (TPSA) is 137 Å². The van der Waals surface area contributed by atoms with Crippen LogP contribution < -0.4 is 20.7 Å². The summed E-state index contributed by atoms with van der Waals surface area (Å²) in [6, 6.07) is 23.4. The van der Waals surface area contributed by atoms with Crippen LogP contribution in [0.1, 0.15) is 48.6 Å². The molecule has 4 atom stereocenters. The zero-order valence-electron chi connectivity index (χ0n) is 24.2. The number of carbonyl (C=O) groups excluding carboxylic acids is 3. The molecule has 5 N–H and O–H groups in total. The third kappa shape index (κ3) is 7.74. The summed E-state index contributed by atoms with van der Waals surface area (Å²) >= 11 is 0. The lowest BCUT2D eigenvalue weighted by atomic mass is 9.90. The second-order valence-electron chi connectivity index (χ2n) is 11.3. The van der Waals surface area contributed by atoms with E-state index in [-0.39, 0.29) is 19.4 Å². The second kappa shape index (κ2) is 13.6. The van der Waals surface area contributed by atoms with E-state index in [0.29, 0.717) is 17.9 Å². The van der Waals surface area contributed by atoms with Crippen molar-refractivity contribution in [2.24, 2.45) is 5.92 Å². The van der Waals surface area contributed by atoms with Crippen molar-refractivity contribution in [1.29, 1.82) is 0 Å². The lowest BCUT2D eigenvalue weighted by molar-refractivity contribution is -0.138. The van der Waals surface area contributed by atoms with Crippen LogP contribution in [0.25, 0.3) is 0 Å². The molecule has 1 aliphatic heterocycles. The molecule has 3 amide bonds. The molecule has 222 valence electrons. The second-order valence-corrected chi connectivity index (χ2v) is 11.3. The summed E-state index contributed by atoms with van der Waals surface area (Å²) < 4.78 is 5.59. The Balaban J connectivity index is 1.43.